The fraction of sp³-hybridized carbons (Fsp3) is 0.692. The smallest absolute Gasteiger partial charge is 0.0367 e. The Hall–Kier alpha value is -0.560. The van der Waals surface area contributed by atoms with Crippen molar-refractivity contribution in [3.05, 3.63) is 24.3 Å². The summed E-state index contributed by atoms with van der Waals surface area (Å²) in [5, 5.41) is 0. The zero-order valence-corrected chi connectivity index (χ0v) is 10.4. The van der Waals surface area contributed by atoms with Crippen LogP contribution in [-0.4, -0.2) is 24.0 Å². The van der Waals surface area contributed by atoms with E-state index in [1.165, 1.54) is 5.57 Å². The van der Waals surface area contributed by atoms with Gasteiger partial charge in [0.1, 0.15) is 0 Å². The first kappa shape index (κ1) is 13.4. The zero-order valence-electron chi connectivity index (χ0n) is 10.4. The van der Waals surface area contributed by atoms with Crippen LogP contribution in [0.5, 0.6) is 0 Å². The Balaban J connectivity index is 4.74. The molecular weight excluding hydrogens is 170 g/mol. The highest BCUT2D eigenvalue weighted by atomic mass is 15.1. The van der Waals surface area contributed by atoms with E-state index in [-0.39, 0.29) is 0 Å². The summed E-state index contributed by atoms with van der Waals surface area (Å²) in [6, 6.07) is 0.447. The van der Waals surface area contributed by atoms with Crippen LogP contribution in [0, 0.1) is 5.92 Å². The molecule has 1 atom stereocenters. The Morgan fingerprint density at radius 3 is 1.79 bits per heavy atom. The van der Waals surface area contributed by atoms with Gasteiger partial charge in [-0.2, -0.15) is 0 Å². The third-order valence-electron chi connectivity index (χ3n) is 2.74. The molecule has 1 unspecified atom stereocenters. The summed E-state index contributed by atoms with van der Waals surface area (Å²) in [6.45, 7) is 21.2. The summed E-state index contributed by atoms with van der Waals surface area (Å²) < 4.78 is 0. The van der Waals surface area contributed by atoms with Crippen LogP contribution in [0.3, 0.4) is 0 Å². The maximum absolute atomic E-state index is 4.15. The summed E-state index contributed by atoms with van der Waals surface area (Å²) in [4.78, 5) is 2.45. The van der Waals surface area contributed by atoms with E-state index in [2.05, 4.69) is 45.8 Å². The Bertz CT molecular complexity index is 199. The molecule has 0 spiro atoms. The second-order valence-corrected chi connectivity index (χ2v) is 4.22. The standard InChI is InChI=1S/C13H25N/c1-8-14(9-2)13(11(5)6)12(7)10(3)4/h11,13H,3,7-9H2,1-2,4-6H3. The van der Waals surface area contributed by atoms with Gasteiger partial charge in [0.25, 0.3) is 0 Å². The zero-order chi connectivity index (χ0) is 11.3. The molecule has 0 saturated heterocycles. The lowest BCUT2D eigenvalue weighted by molar-refractivity contribution is 0.201. The molecule has 0 heterocycles. The van der Waals surface area contributed by atoms with E-state index >= 15 is 0 Å². The average Bonchev–Trinajstić information content (AvgIpc) is 2.12. The molecule has 0 aliphatic heterocycles. The molecular formula is C13H25N. The predicted molar refractivity (Wildman–Crippen MR) is 65.5 cm³/mol. The lowest BCUT2D eigenvalue weighted by Crippen LogP contribution is -2.40. The SMILES string of the molecule is C=C(C)C(=C)C(C(C)C)N(CC)CC. The summed E-state index contributed by atoms with van der Waals surface area (Å²) in [5.41, 5.74) is 2.29. The van der Waals surface area contributed by atoms with Crippen molar-refractivity contribution in [3.8, 4) is 0 Å². The minimum atomic E-state index is 0.447. The van der Waals surface area contributed by atoms with Crippen LogP contribution < -0.4 is 0 Å². The summed E-state index contributed by atoms with van der Waals surface area (Å²) in [7, 11) is 0. The second kappa shape index (κ2) is 6.02. The van der Waals surface area contributed by atoms with Gasteiger partial charge in [-0.15, -0.1) is 0 Å². The molecule has 0 saturated carbocycles. The van der Waals surface area contributed by atoms with Crippen LogP contribution in [0.4, 0.5) is 0 Å². The fourth-order valence-corrected chi connectivity index (χ4v) is 1.91. The van der Waals surface area contributed by atoms with Crippen molar-refractivity contribution >= 4 is 0 Å². The van der Waals surface area contributed by atoms with Gasteiger partial charge in [0.2, 0.25) is 0 Å². The lowest BCUT2D eigenvalue weighted by atomic mass is 9.91. The highest BCUT2D eigenvalue weighted by molar-refractivity contribution is 5.28. The van der Waals surface area contributed by atoms with E-state index < -0.39 is 0 Å². The minimum Gasteiger partial charge on any atom is -0.297 e. The predicted octanol–water partition coefficient (Wildman–Crippen LogP) is 3.49. The van der Waals surface area contributed by atoms with Crippen molar-refractivity contribution in [2.75, 3.05) is 13.1 Å². The molecule has 0 aromatic rings. The van der Waals surface area contributed by atoms with E-state index in [1.807, 2.05) is 6.92 Å². The molecule has 0 aliphatic rings. The molecule has 0 radical (unpaired) electrons. The van der Waals surface area contributed by atoms with Crippen molar-refractivity contribution in [2.24, 2.45) is 5.92 Å². The maximum Gasteiger partial charge on any atom is 0.0367 e. The molecule has 1 heteroatoms. The number of nitrogens with zero attached hydrogens (tertiary/aromatic N) is 1. The first-order valence-electron chi connectivity index (χ1n) is 5.54. The Morgan fingerprint density at radius 2 is 1.57 bits per heavy atom. The Kier molecular flexibility index (Phi) is 5.78. The molecule has 14 heavy (non-hydrogen) atoms. The van der Waals surface area contributed by atoms with E-state index in [9.17, 15) is 0 Å². The number of hydrogen-bond donors (Lipinski definition) is 0. The normalized spacial score (nSPS) is 13.4. The van der Waals surface area contributed by atoms with E-state index in [4.69, 9.17) is 0 Å². The third-order valence-corrected chi connectivity index (χ3v) is 2.74. The lowest BCUT2D eigenvalue weighted by Gasteiger charge is -2.34. The summed E-state index contributed by atoms with van der Waals surface area (Å²) in [5.74, 6) is 0.596. The molecule has 82 valence electrons. The molecule has 0 aromatic heterocycles. The van der Waals surface area contributed by atoms with Crippen LogP contribution in [0.25, 0.3) is 0 Å². The highest BCUT2D eigenvalue weighted by Crippen LogP contribution is 2.22. The van der Waals surface area contributed by atoms with Crippen LogP contribution in [0.15, 0.2) is 24.3 Å². The van der Waals surface area contributed by atoms with Gasteiger partial charge in [-0.05, 0) is 31.5 Å². The van der Waals surface area contributed by atoms with Crippen LogP contribution in [0.2, 0.25) is 0 Å². The molecule has 0 N–H and O–H groups in total. The maximum atomic E-state index is 4.15. The minimum absolute atomic E-state index is 0.447. The topological polar surface area (TPSA) is 3.24 Å². The fourth-order valence-electron chi connectivity index (χ4n) is 1.91. The molecule has 0 bridgehead atoms. The second-order valence-electron chi connectivity index (χ2n) is 4.22. The van der Waals surface area contributed by atoms with Crippen molar-refractivity contribution in [1.82, 2.24) is 4.90 Å². The van der Waals surface area contributed by atoms with Crippen molar-refractivity contribution in [1.29, 1.82) is 0 Å². The van der Waals surface area contributed by atoms with Crippen molar-refractivity contribution in [3.63, 3.8) is 0 Å². The Morgan fingerprint density at radius 1 is 1.14 bits per heavy atom. The van der Waals surface area contributed by atoms with Crippen LogP contribution >= 0.6 is 0 Å². The van der Waals surface area contributed by atoms with Crippen LogP contribution in [-0.2, 0) is 0 Å². The van der Waals surface area contributed by atoms with Gasteiger partial charge in [-0.25, -0.2) is 0 Å². The van der Waals surface area contributed by atoms with Gasteiger partial charge in [0.15, 0.2) is 0 Å². The van der Waals surface area contributed by atoms with Gasteiger partial charge in [-0.3, -0.25) is 4.90 Å². The van der Waals surface area contributed by atoms with Gasteiger partial charge < -0.3 is 0 Å². The van der Waals surface area contributed by atoms with Crippen molar-refractivity contribution in [2.45, 2.75) is 40.7 Å². The van der Waals surface area contributed by atoms with Crippen LogP contribution in [0.1, 0.15) is 34.6 Å². The third kappa shape index (κ3) is 3.30. The molecule has 0 aromatic carbocycles. The molecule has 0 rings (SSSR count). The summed E-state index contributed by atoms with van der Waals surface area (Å²) in [6.07, 6.45) is 0. The largest absolute Gasteiger partial charge is 0.297 e. The molecule has 0 amide bonds. The molecule has 1 nitrogen and oxygen atoms in total. The monoisotopic (exact) mass is 195 g/mol. The first-order chi connectivity index (χ1) is 6.45. The number of rotatable bonds is 6. The first-order valence-corrected chi connectivity index (χ1v) is 5.54. The van der Waals surface area contributed by atoms with Crippen molar-refractivity contribution < 1.29 is 0 Å². The van der Waals surface area contributed by atoms with Gasteiger partial charge in [0, 0.05) is 6.04 Å². The van der Waals surface area contributed by atoms with Gasteiger partial charge >= 0.3 is 0 Å². The Labute approximate surface area is 89.5 Å². The molecule has 0 aliphatic carbocycles. The van der Waals surface area contributed by atoms with E-state index in [1.54, 1.807) is 0 Å². The summed E-state index contributed by atoms with van der Waals surface area (Å²) >= 11 is 0. The van der Waals surface area contributed by atoms with Gasteiger partial charge in [0.05, 0.1) is 0 Å². The van der Waals surface area contributed by atoms with E-state index in [0.717, 1.165) is 18.7 Å². The quantitative estimate of drug-likeness (QED) is 0.586. The van der Waals surface area contributed by atoms with E-state index in [0.29, 0.717) is 12.0 Å². The van der Waals surface area contributed by atoms with Gasteiger partial charge in [-0.1, -0.05) is 46.4 Å². The highest BCUT2D eigenvalue weighted by Gasteiger charge is 2.22. The number of likely N-dealkylation sites (N-methyl/N-ethyl adjacent to an activating group) is 1. The number of hydrogen-bond acceptors (Lipinski definition) is 1. The molecule has 0 fully saturated rings. The average molecular weight is 195 g/mol.